The molecule has 0 aromatic heterocycles. The molecule has 12 aliphatic rings. The van der Waals surface area contributed by atoms with E-state index >= 15 is 0 Å². The number of amides is 9. The van der Waals surface area contributed by atoms with Crippen LogP contribution in [0, 0.1) is 5.92 Å². The summed E-state index contributed by atoms with van der Waals surface area (Å²) >= 11 is 0. The lowest BCUT2D eigenvalue weighted by Gasteiger charge is -2.33. The summed E-state index contributed by atoms with van der Waals surface area (Å²) in [6.45, 7) is 9.62. The molecule has 0 spiro atoms. The molecule has 81 heavy (non-hydrogen) atoms. The molecule has 9 amide bonds. The number of carbonyl (C=O) groups is 6. The summed E-state index contributed by atoms with van der Waals surface area (Å²) in [5.41, 5.74) is 7.38. The van der Waals surface area contributed by atoms with E-state index in [-0.39, 0.29) is 56.0 Å². The smallest absolute Gasteiger partial charge is 0.374 e. The highest BCUT2D eigenvalue weighted by atomic mass is 32.3. The monoisotopic (exact) mass is 1220 g/mol. The second-order valence-electron chi connectivity index (χ2n) is 21.7. The van der Waals surface area contributed by atoms with Crippen molar-refractivity contribution < 1.29 is 99.8 Å². The van der Waals surface area contributed by atoms with E-state index in [1.807, 2.05) is 0 Å². The Morgan fingerprint density at radius 3 is 1.46 bits per heavy atom. The molecule has 0 saturated carbocycles. The Bertz CT molecular complexity index is 2590. The van der Waals surface area contributed by atoms with Gasteiger partial charge in [-0.2, -0.15) is 40.4 Å². The Morgan fingerprint density at radius 1 is 0.506 bits per heavy atom. The van der Waals surface area contributed by atoms with Crippen LogP contribution >= 0.6 is 0 Å². The third-order valence-corrected chi connectivity index (χ3v) is 17.8. The van der Waals surface area contributed by atoms with Crippen molar-refractivity contribution >= 4 is 67.0 Å². The van der Waals surface area contributed by atoms with Crippen LogP contribution in [0.4, 0.5) is 14.4 Å². The van der Waals surface area contributed by atoms with Crippen molar-refractivity contribution in [2.45, 2.75) is 131 Å². The van der Waals surface area contributed by atoms with Crippen LogP contribution in [0.1, 0.15) is 57.8 Å². The maximum Gasteiger partial charge on any atom is 0.418 e. The third kappa shape index (κ3) is 13.9. The van der Waals surface area contributed by atoms with Gasteiger partial charge >= 0.3 is 49.3 Å². The molecule has 0 aliphatic carbocycles. The molecule has 0 radical (unpaired) electrons. The summed E-state index contributed by atoms with van der Waals surface area (Å²) in [6.07, 6.45) is 4.26. The molecule has 0 aromatic carbocycles. The van der Waals surface area contributed by atoms with Gasteiger partial charge in [0.15, 0.2) is 0 Å². The number of hydroxylamine groups is 9. The van der Waals surface area contributed by atoms with Crippen molar-refractivity contribution in [3.05, 3.63) is 0 Å². The number of fused-ring (bicyclic) bond motifs is 9. The van der Waals surface area contributed by atoms with Crippen LogP contribution in [0.15, 0.2) is 0 Å². The van der Waals surface area contributed by atoms with Gasteiger partial charge in [0.25, 0.3) is 17.7 Å². The number of hydrogen-bond donors (Lipinski definition) is 9. The van der Waals surface area contributed by atoms with E-state index in [2.05, 4.69) is 55.0 Å². The first-order chi connectivity index (χ1) is 38.5. The molecule has 0 aromatic rings. The maximum atomic E-state index is 12.6. The summed E-state index contributed by atoms with van der Waals surface area (Å²) in [5, 5.41) is 11.7. The summed E-state index contributed by atoms with van der Waals surface area (Å²) < 4.78 is 111. The molecule has 9 N–H and O–H groups in total. The van der Waals surface area contributed by atoms with E-state index in [9.17, 15) is 54.0 Å². The van der Waals surface area contributed by atoms with Crippen LogP contribution in [-0.2, 0) is 77.7 Å². The molecule has 13 atom stereocenters. The van der Waals surface area contributed by atoms with Crippen molar-refractivity contribution in [1.29, 1.82) is 0 Å². The Balaban J connectivity index is 0.000000136. The molecular formula is C42H68N14O22S3. The average molecular weight is 1220 g/mol. The number of nitrogens with zero attached hydrogens (tertiary/aromatic N) is 8. The third-order valence-electron chi connectivity index (χ3n) is 16.8. The Labute approximate surface area is 465 Å². The van der Waals surface area contributed by atoms with Crippen LogP contribution < -0.4 is 32.4 Å². The summed E-state index contributed by atoms with van der Waals surface area (Å²) in [6, 6.07) is -5.62. The number of piperazine rings is 2. The maximum absolute atomic E-state index is 12.6. The van der Waals surface area contributed by atoms with Crippen molar-refractivity contribution in [3.8, 4) is 0 Å². The standard InChI is InChI=1S/2C14H23N5O7S.C14H22N4O8S/c20-13(16-25-12-3-5-17-6-4-15-7-11(12)17)10-2-1-9-8-18(10)14(21)19(9)26-27(22,23)24;20-13(16-25-11-5-10-6-15-3-4-17(10)8-11)12-2-1-9-7-18(12)14(21)19(9)26-27(22,23)24;19-13(16-25-12-7-24-11-5-15-4-3-9(11)12)10-2-1-8-6-17(10)14(20)18(8)26-27(21,22)23/h2*9-12,15H,1-8H2,(H,16,20)(H,22,23,24);8-12,15H,1-7H2,(H,16,19)(H,21,22,23)/t9-,10+,11?,12?;9-,10?,11?,12+;8-,9?,10+,11?,12?/m111/s1. The molecule has 7 unspecified atom stereocenters. The number of rotatable bonds is 15. The number of ether oxygens (including phenoxy) is 1. The van der Waals surface area contributed by atoms with Gasteiger partial charge in [0, 0.05) is 90.5 Å². The van der Waals surface area contributed by atoms with Crippen LogP contribution in [0.2, 0.25) is 0 Å². The summed E-state index contributed by atoms with van der Waals surface area (Å²) in [4.78, 5) is 99.7. The highest BCUT2D eigenvalue weighted by molar-refractivity contribution is 7.81. The molecule has 12 saturated heterocycles. The van der Waals surface area contributed by atoms with Gasteiger partial charge < -0.3 is 35.4 Å². The molecule has 12 rings (SSSR count). The Kier molecular flexibility index (Phi) is 18.1. The molecule has 12 aliphatic heterocycles. The van der Waals surface area contributed by atoms with Gasteiger partial charge in [0.05, 0.1) is 43.0 Å². The molecule has 36 nitrogen and oxygen atoms in total. The zero-order chi connectivity index (χ0) is 57.5. The SMILES string of the molecule is O=C(NOC1CC2CNCCN2C1)[C@@H]1CC[C@@H]2CN1C(=O)N2OS(=O)(=O)O.O=C(NOC1CCN2CCNCC12)[C@@H]1CC[C@@H]2CN1C(=O)N2OS(=O)(=O)O.O=C(NOC1COC2CNCCC21)[C@@H]1CC[C@@H]2CN1C(=O)N2OS(=O)(=O)O. The van der Waals surface area contributed by atoms with E-state index in [1.54, 1.807) is 0 Å². The van der Waals surface area contributed by atoms with Crippen molar-refractivity contribution in [1.82, 2.24) is 72.1 Å². The van der Waals surface area contributed by atoms with Crippen molar-refractivity contribution in [3.63, 3.8) is 0 Å². The van der Waals surface area contributed by atoms with E-state index in [1.165, 1.54) is 14.7 Å². The Morgan fingerprint density at radius 2 is 0.963 bits per heavy atom. The lowest BCUT2D eigenvalue weighted by Crippen LogP contribution is -2.54. The number of piperidine rings is 4. The van der Waals surface area contributed by atoms with Crippen LogP contribution in [-0.4, -0.2) is 279 Å². The van der Waals surface area contributed by atoms with Gasteiger partial charge in [0.1, 0.15) is 30.3 Å². The largest absolute Gasteiger partial charge is 0.418 e. The van der Waals surface area contributed by atoms with Crippen LogP contribution in [0.3, 0.4) is 0 Å². The second kappa shape index (κ2) is 24.6. The summed E-state index contributed by atoms with van der Waals surface area (Å²) in [5.74, 6) is -1.17. The number of hydrogen-bond acceptors (Lipinski definition) is 24. The number of nitrogens with one attached hydrogen (secondary N) is 6. The number of urea groups is 3. The predicted octanol–water partition coefficient (Wildman–Crippen LogP) is -5.42. The average Bonchev–Trinajstić information content (AvgIpc) is 4.30. The zero-order valence-electron chi connectivity index (χ0n) is 43.7. The normalized spacial score (nSPS) is 34.7. The number of carbonyl (C=O) groups excluding carboxylic acids is 6. The van der Waals surface area contributed by atoms with Gasteiger partial charge in [0.2, 0.25) is 0 Å². The lowest BCUT2D eigenvalue weighted by atomic mass is 9.92. The minimum Gasteiger partial charge on any atom is -0.374 e. The minimum atomic E-state index is -4.82. The lowest BCUT2D eigenvalue weighted by molar-refractivity contribution is -0.145. The fraction of sp³-hybridized carbons (Fsp3) is 0.857. The highest BCUT2D eigenvalue weighted by Crippen LogP contribution is 2.35. The molecule has 456 valence electrons. The molecular weight excluding hydrogens is 1150 g/mol. The molecule has 39 heteroatoms. The van der Waals surface area contributed by atoms with E-state index < -0.39 is 103 Å². The second-order valence-corrected chi connectivity index (χ2v) is 24.7. The predicted molar refractivity (Wildman–Crippen MR) is 266 cm³/mol. The Hall–Kier alpha value is -4.53. The highest BCUT2D eigenvalue weighted by Gasteiger charge is 2.53. The van der Waals surface area contributed by atoms with Crippen LogP contribution in [0.5, 0.6) is 0 Å². The molecule has 12 fully saturated rings. The molecule has 12 heterocycles. The quantitative estimate of drug-likeness (QED) is 0.0546. The first kappa shape index (κ1) is 59.6. The zero-order valence-corrected chi connectivity index (χ0v) is 46.1. The van der Waals surface area contributed by atoms with Gasteiger partial charge in [-0.25, -0.2) is 30.8 Å². The first-order valence-corrected chi connectivity index (χ1v) is 31.0. The van der Waals surface area contributed by atoms with E-state index in [0.29, 0.717) is 66.4 Å². The fourth-order valence-electron chi connectivity index (χ4n) is 12.9. The fourth-order valence-corrected chi connectivity index (χ4v) is 14.0. The van der Waals surface area contributed by atoms with Gasteiger partial charge in [-0.3, -0.25) is 52.4 Å². The van der Waals surface area contributed by atoms with Gasteiger partial charge in [-0.15, -0.1) is 12.9 Å². The van der Waals surface area contributed by atoms with Crippen molar-refractivity contribution in [2.75, 3.05) is 91.7 Å². The van der Waals surface area contributed by atoms with Gasteiger partial charge in [-0.1, -0.05) is 0 Å². The summed E-state index contributed by atoms with van der Waals surface area (Å²) in [7, 11) is -14.4. The first-order valence-electron chi connectivity index (χ1n) is 26.9. The van der Waals surface area contributed by atoms with E-state index in [4.69, 9.17) is 32.9 Å². The van der Waals surface area contributed by atoms with E-state index in [0.717, 1.165) is 84.7 Å². The molecule has 6 bridgehead atoms. The topological polar surface area (TPSA) is 428 Å². The van der Waals surface area contributed by atoms with Crippen LogP contribution in [0.25, 0.3) is 0 Å². The van der Waals surface area contributed by atoms with Crippen molar-refractivity contribution in [2.24, 2.45) is 5.92 Å². The minimum absolute atomic E-state index is 0.0717. The van der Waals surface area contributed by atoms with Gasteiger partial charge in [-0.05, 0) is 64.3 Å².